The number of hydrogen-bond acceptors (Lipinski definition) is 5. The Morgan fingerprint density at radius 2 is 1.59 bits per heavy atom. The van der Waals surface area contributed by atoms with Crippen LogP contribution in [0.2, 0.25) is 5.02 Å². The molecule has 0 spiro atoms. The summed E-state index contributed by atoms with van der Waals surface area (Å²) in [6.45, 7) is 1.75. The van der Waals surface area contributed by atoms with Crippen LogP contribution < -0.4 is 10.0 Å². The van der Waals surface area contributed by atoms with Gasteiger partial charge in [-0.25, -0.2) is 16.8 Å². The van der Waals surface area contributed by atoms with Crippen LogP contribution in [0.15, 0.2) is 47.4 Å². The van der Waals surface area contributed by atoms with E-state index in [1.54, 1.807) is 19.1 Å². The fourth-order valence-corrected chi connectivity index (χ4v) is 3.79. The monoisotopic (exact) mass is 430 g/mol. The number of anilines is 1. The largest absolute Gasteiger partial charge is 0.345 e. The number of rotatable bonds is 6. The summed E-state index contributed by atoms with van der Waals surface area (Å²) in [5, 5.41) is 2.87. The molecule has 0 aliphatic rings. The third-order valence-corrected chi connectivity index (χ3v) is 5.72. The maximum absolute atomic E-state index is 12.4. The normalized spacial score (nSPS) is 13.0. The third-order valence-electron chi connectivity index (χ3n) is 3.67. The van der Waals surface area contributed by atoms with E-state index in [2.05, 4.69) is 10.0 Å². The first-order valence-electron chi connectivity index (χ1n) is 7.75. The molecular weight excluding hydrogens is 412 g/mol. The highest BCUT2D eigenvalue weighted by molar-refractivity contribution is 7.92. The summed E-state index contributed by atoms with van der Waals surface area (Å²) >= 11 is 6.09. The van der Waals surface area contributed by atoms with Crippen LogP contribution in [0.3, 0.4) is 0 Å². The number of amides is 1. The van der Waals surface area contributed by atoms with Crippen molar-refractivity contribution in [2.45, 2.75) is 17.9 Å². The quantitative estimate of drug-likeness (QED) is 0.732. The SMILES string of the molecule is CC(NC(=O)c1ccc(NS(C)(=O)=O)cc1Cl)c1ccc(S(C)(=O)=O)cc1. The van der Waals surface area contributed by atoms with Gasteiger partial charge in [0.1, 0.15) is 0 Å². The first kappa shape index (κ1) is 21.2. The van der Waals surface area contributed by atoms with Gasteiger partial charge in [0.2, 0.25) is 10.0 Å². The lowest BCUT2D eigenvalue weighted by atomic mass is 10.1. The molecule has 7 nitrogen and oxygen atoms in total. The Hall–Kier alpha value is -2.10. The summed E-state index contributed by atoms with van der Waals surface area (Å²) in [7, 11) is -6.74. The Labute approximate surface area is 163 Å². The highest BCUT2D eigenvalue weighted by atomic mass is 35.5. The highest BCUT2D eigenvalue weighted by Gasteiger charge is 2.16. The van der Waals surface area contributed by atoms with E-state index in [-0.39, 0.29) is 21.2 Å². The lowest BCUT2D eigenvalue weighted by molar-refractivity contribution is 0.0940. The molecule has 1 atom stereocenters. The standard InChI is InChI=1S/C17H19ClN2O5S2/c1-11(12-4-7-14(8-5-12)26(2,22)23)19-17(21)15-9-6-13(10-16(15)18)20-27(3,24)25/h4-11,20H,1-3H3,(H,19,21). The van der Waals surface area contributed by atoms with E-state index in [1.807, 2.05) is 0 Å². The summed E-state index contributed by atoms with van der Waals surface area (Å²) in [6, 6.07) is 10.0. The number of sulfonamides is 1. The van der Waals surface area contributed by atoms with E-state index in [4.69, 9.17) is 11.6 Å². The van der Waals surface area contributed by atoms with Crippen molar-refractivity contribution in [2.75, 3.05) is 17.2 Å². The first-order chi connectivity index (χ1) is 12.4. The zero-order valence-corrected chi connectivity index (χ0v) is 17.2. The molecule has 2 N–H and O–H groups in total. The van der Waals surface area contributed by atoms with Crippen molar-refractivity contribution in [1.82, 2.24) is 5.32 Å². The molecule has 0 heterocycles. The van der Waals surface area contributed by atoms with Gasteiger partial charge in [0, 0.05) is 11.9 Å². The Morgan fingerprint density at radius 3 is 2.07 bits per heavy atom. The molecule has 1 unspecified atom stereocenters. The van der Waals surface area contributed by atoms with Crippen LogP contribution in [-0.4, -0.2) is 35.3 Å². The maximum atomic E-state index is 12.4. The maximum Gasteiger partial charge on any atom is 0.253 e. The molecule has 2 aromatic carbocycles. The molecule has 0 radical (unpaired) electrons. The molecule has 0 aliphatic heterocycles. The summed E-state index contributed by atoms with van der Waals surface area (Å²) in [6.07, 6.45) is 2.13. The van der Waals surface area contributed by atoms with Crippen LogP contribution in [0, 0.1) is 0 Å². The van der Waals surface area contributed by atoms with E-state index < -0.39 is 31.8 Å². The second-order valence-corrected chi connectivity index (χ2v) is 10.3. The number of nitrogens with one attached hydrogen (secondary N) is 2. The smallest absolute Gasteiger partial charge is 0.253 e. The van der Waals surface area contributed by atoms with Gasteiger partial charge in [-0.15, -0.1) is 0 Å². The summed E-state index contributed by atoms with van der Waals surface area (Å²) in [5.41, 5.74) is 1.17. The molecule has 0 bridgehead atoms. The van der Waals surface area contributed by atoms with E-state index >= 15 is 0 Å². The number of halogens is 1. The van der Waals surface area contributed by atoms with E-state index in [1.165, 1.54) is 30.3 Å². The third kappa shape index (κ3) is 5.95. The molecule has 0 aromatic heterocycles. The molecule has 10 heteroatoms. The van der Waals surface area contributed by atoms with Gasteiger partial charge in [0.25, 0.3) is 5.91 Å². The Kier molecular flexibility index (Phi) is 6.18. The molecule has 0 fully saturated rings. The van der Waals surface area contributed by atoms with Gasteiger partial charge >= 0.3 is 0 Å². The second kappa shape index (κ2) is 7.87. The van der Waals surface area contributed by atoms with Gasteiger partial charge in [-0.2, -0.15) is 0 Å². The van der Waals surface area contributed by atoms with Gasteiger partial charge < -0.3 is 5.32 Å². The van der Waals surface area contributed by atoms with Crippen LogP contribution in [0.4, 0.5) is 5.69 Å². The molecule has 1 amide bonds. The average molecular weight is 431 g/mol. The second-order valence-electron chi connectivity index (χ2n) is 6.11. The van der Waals surface area contributed by atoms with Crippen molar-refractivity contribution in [3.8, 4) is 0 Å². The van der Waals surface area contributed by atoms with Gasteiger partial charge in [-0.1, -0.05) is 23.7 Å². The van der Waals surface area contributed by atoms with Gasteiger partial charge in [-0.3, -0.25) is 9.52 Å². The topological polar surface area (TPSA) is 109 Å². The molecule has 27 heavy (non-hydrogen) atoms. The first-order valence-corrected chi connectivity index (χ1v) is 11.9. The van der Waals surface area contributed by atoms with Crippen LogP contribution in [0.5, 0.6) is 0 Å². The average Bonchev–Trinajstić information content (AvgIpc) is 2.52. The van der Waals surface area contributed by atoms with Gasteiger partial charge in [0.15, 0.2) is 9.84 Å². The fraction of sp³-hybridized carbons (Fsp3) is 0.235. The van der Waals surface area contributed by atoms with Crippen molar-refractivity contribution in [2.24, 2.45) is 0 Å². The van der Waals surface area contributed by atoms with E-state index in [0.717, 1.165) is 18.1 Å². The molecule has 0 saturated heterocycles. The van der Waals surface area contributed by atoms with Crippen LogP contribution in [-0.2, 0) is 19.9 Å². The predicted octanol–water partition coefficient (Wildman–Crippen LogP) is 2.61. The summed E-state index contributed by atoms with van der Waals surface area (Å²) in [5.74, 6) is -0.439. The van der Waals surface area contributed by atoms with E-state index in [9.17, 15) is 21.6 Å². The van der Waals surface area contributed by atoms with Crippen molar-refractivity contribution in [1.29, 1.82) is 0 Å². The fourth-order valence-electron chi connectivity index (χ4n) is 2.34. The van der Waals surface area contributed by atoms with Crippen molar-refractivity contribution in [3.63, 3.8) is 0 Å². The minimum absolute atomic E-state index is 0.0979. The number of benzene rings is 2. The molecule has 146 valence electrons. The van der Waals surface area contributed by atoms with E-state index in [0.29, 0.717) is 0 Å². The number of carbonyl (C=O) groups excluding carboxylic acids is 1. The predicted molar refractivity (Wildman–Crippen MR) is 105 cm³/mol. The molecule has 0 saturated carbocycles. The van der Waals surface area contributed by atoms with Crippen LogP contribution in [0.25, 0.3) is 0 Å². The Morgan fingerprint density at radius 1 is 1.00 bits per heavy atom. The molecule has 2 rings (SSSR count). The number of carbonyl (C=O) groups is 1. The summed E-state index contributed by atoms with van der Waals surface area (Å²) < 4.78 is 47.8. The zero-order chi connectivity index (χ0) is 20.4. The zero-order valence-electron chi connectivity index (χ0n) is 14.9. The minimum Gasteiger partial charge on any atom is -0.345 e. The van der Waals surface area contributed by atoms with Gasteiger partial charge in [-0.05, 0) is 42.8 Å². The Balaban J connectivity index is 2.14. The van der Waals surface area contributed by atoms with Crippen molar-refractivity contribution in [3.05, 3.63) is 58.6 Å². The molecular formula is C17H19ClN2O5S2. The van der Waals surface area contributed by atoms with Crippen molar-refractivity contribution >= 4 is 43.1 Å². The van der Waals surface area contributed by atoms with Crippen LogP contribution in [0.1, 0.15) is 28.9 Å². The Bertz CT molecular complexity index is 1070. The number of sulfone groups is 1. The van der Waals surface area contributed by atoms with Crippen LogP contribution >= 0.6 is 11.6 Å². The molecule has 0 aliphatic carbocycles. The lowest BCUT2D eigenvalue weighted by Gasteiger charge is -2.16. The minimum atomic E-state index is -3.45. The lowest BCUT2D eigenvalue weighted by Crippen LogP contribution is -2.27. The summed E-state index contributed by atoms with van der Waals surface area (Å²) in [4.78, 5) is 12.6. The highest BCUT2D eigenvalue weighted by Crippen LogP contribution is 2.23. The molecule has 2 aromatic rings. The van der Waals surface area contributed by atoms with Gasteiger partial charge in [0.05, 0.1) is 27.8 Å². The number of hydrogen-bond donors (Lipinski definition) is 2. The van der Waals surface area contributed by atoms with Crippen molar-refractivity contribution < 1.29 is 21.6 Å².